The first-order valence-corrected chi connectivity index (χ1v) is 5.62. The number of nitrogens with two attached hydrogens (primary N) is 1. The maximum atomic E-state index is 11.9. The van der Waals surface area contributed by atoms with E-state index in [9.17, 15) is 4.79 Å². The number of carbonyl (C=O) groups is 1. The van der Waals surface area contributed by atoms with E-state index in [1.54, 1.807) is 6.07 Å². The fourth-order valence-corrected chi connectivity index (χ4v) is 1.66. The molecule has 0 unspecified atom stereocenters. The van der Waals surface area contributed by atoms with Crippen LogP contribution in [-0.4, -0.2) is 31.7 Å². The molecule has 3 N–H and O–H groups in total. The highest BCUT2D eigenvalue weighted by atomic mass is 16.2. The molecule has 0 radical (unpaired) electrons. The monoisotopic (exact) mass is 244 g/mol. The quantitative estimate of drug-likeness (QED) is 0.797. The molecule has 7 nitrogen and oxygen atoms in total. The van der Waals surface area contributed by atoms with Crippen molar-refractivity contribution >= 4 is 11.6 Å². The highest BCUT2D eigenvalue weighted by Crippen LogP contribution is 2.33. The van der Waals surface area contributed by atoms with Gasteiger partial charge in [-0.05, 0) is 35.4 Å². The van der Waals surface area contributed by atoms with Gasteiger partial charge in [0, 0.05) is 0 Å². The van der Waals surface area contributed by atoms with Crippen LogP contribution in [0, 0.1) is 0 Å². The van der Waals surface area contributed by atoms with E-state index in [0.29, 0.717) is 11.4 Å². The SMILES string of the molecule is NC1(C(=O)Nc2ccccc2-n2cnnn2)CC1. The van der Waals surface area contributed by atoms with Crippen LogP contribution in [-0.2, 0) is 4.79 Å². The van der Waals surface area contributed by atoms with E-state index in [0.717, 1.165) is 12.8 Å². The molecule has 1 aromatic heterocycles. The molecule has 1 aliphatic carbocycles. The van der Waals surface area contributed by atoms with Gasteiger partial charge in [0.05, 0.1) is 16.9 Å². The van der Waals surface area contributed by atoms with E-state index in [4.69, 9.17) is 5.73 Å². The standard InChI is InChI=1S/C11H12N6O/c12-11(5-6-11)10(18)14-8-3-1-2-4-9(8)17-7-13-15-16-17/h1-4,7H,5-6,12H2,(H,14,18). The summed E-state index contributed by atoms with van der Waals surface area (Å²) in [4.78, 5) is 11.9. The lowest BCUT2D eigenvalue weighted by molar-refractivity contribution is -0.118. The Kier molecular flexibility index (Phi) is 2.34. The molecule has 7 heteroatoms. The maximum absolute atomic E-state index is 11.9. The normalized spacial score (nSPS) is 16.3. The summed E-state index contributed by atoms with van der Waals surface area (Å²) in [7, 11) is 0. The summed E-state index contributed by atoms with van der Waals surface area (Å²) < 4.78 is 1.49. The number of para-hydroxylation sites is 2. The van der Waals surface area contributed by atoms with Gasteiger partial charge in [-0.3, -0.25) is 4.79 Å². The van der Waals surface area contributed by atoms with E-state index in [-0.39, 0.29) is 5.91 Å². The Labute approximate surface area is 103 Å². The molecule has 1 amide bonds. The van der Waals surface area contributed by atoms with Crippen LogP contribution in [0.5, 0.6) is 0 Å². The number of carbonyl (C=O) groups excluding carboxylic acids is 1. The molecule has 92 valence electrons. The number of aromatic nitrogens is 4. The van der Waals surface area contributed by atoms with Crippen molar-refractivity contribution in [2.75, 3.05) is 5.32 Å². The number of rotatable bonds is 3. The molecule has 0 bridgehead atoms. The first kappa shape index (κ1) is 10.8. The zero-order valence-corrected chi connectivity index (χ0v) is 9.58. The van der Waals surface area contributed by atoms with E-state index < -0.39 is 5.54 Å². The predicted molar refractivity (Wildman–Crippen MR) is 63.9 cm³/mol. The van der Waals surface area contributed by atoms with Gasteiger partial charge in [0.1, 0.15) is 6.33 Å². The smallest absolute Gasteiger partial charge is 0.244 e. The Hall–Kier alpha value is -2.28. The molecule has 18 heavy (non-hydrogen) atoms. The lowest BCUT2D eigenvalue weighted by Gasteiger charge is -2.13. The molecule has 1 saturated carbocycles. The second-order valence-corrected chi connectivity index (χ2v) is 4.38. The average molecular weight is 244 g/mol. The van der Waals surface area contributed by atoms with Gasteiger partial charge in [-0.15, -0.1) is 5.10 Å². The summed E-state index contributed by atoms with van der Waals surface area (Å²) in [6.45, 7) is 0. The molecule has 0 saturated heterocycles. The van der Waals surface area contributed by atoms with Crippen LogP contribution in [0.2, 0.25) is 0 Å². The van der Waals surface area contributed by atoms with Gasteiger partial charge < -0.3 is 11.1 Å². The van der Waals surface area contributed by atoms with Crippen molar-refractivity contribution < 1.29 is 4.79 Å². The summed E-state index contributed by atoms with van der Waals surface area (Å²) in [5, 5.41) is 13.8. The highest BCUT2D eigenvalue weighted by Gasteiger charge is 2.46. The lowest BCUT2D eigenvalue weighted by atomic mass is 10.2. The van der Waals surface area contributed by atoms with Gasteiger partial charge >= 0.3 is 0 Å². The molecule has 0 spiro atoms. The number of anilines is 1. The molecule has 0 aliphatic heterocycles. The van der Waals surface area contributed by atoms with Gasteiger partial charge in [0.2, 0.25) is 5.91 Å². The van der Waals surface area contributed by atoms with E-state index in [1.807, 2.05) is 18.2 Å². The van der Waals surface area contributed by atoms with Crippen LogP contribution in [0.4, 0.5) is 5.69 Å². The fourth-order valence-electron chi connectivity index (χ4n) is 1.66. The van der Waals surface area contributed by atoms with Gasteiger partial charge in [-0.1, -0.05) is 12.1 Å². The average Bonchev–Trinajstić information content (AvgIpc) is 2.93. The zero-order chi connectivity index (χ0) is 12.6. The maximum Gasteiger partial charge on any atom is 0.244 e. The molecule has 1 heterocycles. The van der Waals surface area contributed by atoms with Crippen molar-refractivity contribution in [1.82, 2.24) is 20.2 Å². The summed E-state index contributed by atoms with van der Waals surface area (Å²) in [6.07, 6.45) is 2.93. The minimum atomic E-state index is -0.701. The minimum absolute atomic E-state index is 0.164. The fraction of sp³-hybridized carbons (Fsp3) is 0.273. The van der Waals surface area contributed by atoms with Crippen molar-refractivity contribution in [2.24, 2.45) is 5.73 Å². The van der Waals surface area contributed by atoms with Gasteiger partial charge in [0.25, 0.3) is 0 Å². The lowest BCUT2D eigenvalue weighted by Crippen LogP contribution is -2.38. The summed E-state index contributed by atoms with van der Waals surface area (Å²) in [5.41, 5.74) is 6.50. The Morgan fingerprint density at radius 3 is 2.83 bits per heavy atom. The van der Waals surface area contributed by atoms with Crippen molar-refractivity contribution in [3.63, 3.8) is 0 Å². The second kappa shape index (κ2) is 3.88. The minimum Gasteiger partial charge on any atom is -0.323 e. The van der Waals surface area contributed by atoms with Crippen molar-refractivity contribution in [1.29, 1.82) is 0 Å². The molecule has 1 fully saturated rings. The highest BCUT2D eigenvalue weighted by molar-refractivity contribution is 6.01. The number of hydrogen-bond acceptors (Lipinski definition) is 5. The molecule has 1 aromatic carbocycles. The number of tetrazole rings is 1. The molecule has 2 aromatic rings. The van der Waals surface area contributed by atoms with Gasteiger partial charge in [0.15, 0.2) is 0 Å². The van der Waals surface area contributed by atoms with Crippen molar-refractivity contribution in [2.45, 2.75) is 18.4 Å². The Morgan fingerprint density at radius 1 is 1.39 bits per heavy atom. The summed E-state index contributed by atoms with van der Waals surface area (Å²) in [6, 6.07) is 7.30. The Morgan fingerprint density at radius 2 is 2.17 bits per heavy atom. The third kappa shape index (κ3) is 1.84. The largest absolute Gasteiger partial charge is 0.323 e. The predicted octanol–water partition coefficient (Wildman–Crippen LogP) is 0.0921. The first-order chi connectivity index (χ1) is 8.69. The van der Waals surface area contributed by atoms with Gasteiger partial charge in [-0.25, -0.2) is 0 Å². The molecule has 1 aliphatic rings. The number of nitrogens with zero attached hydrogens (tertiary/aromatic N) is 4. The number of benzene rings is 1. The summed E-state index contributed by atoms with van der Waals surface area (Å²) in [5.74, 6) is -0.164. The van der Waals surface area contributed by atoms with Crippen LogP contribution in [0.15, 0.2) is 30.6 Å². The molecular formula is C11H12N6O. The molecule has 3 rings (SSSR count). The van der Waals surface area contributed by atoms with E-state index >= 15 is 0 Å². The topological polar surface area (TPSA) is 98.7 Å². The molecule has 0 atom stereocenters. The van der Waals surface area contributed by atoms with Gasteiger partial charge in [-0.2, -0.15) is 4.68 Å². The van der Waals surface area contributed by atoms with Crippen LogP contribution in [0.1, 0.15) is 12.8 Å². The van der Waals surface area contributed by atoms with Crippen LogP contribution in [0.25, 0.3) is 5.69 Å². The van der Waals surface area contributed by atoms with Crippen molar-refractivity contribution in [3.05, 3.63) is 30.6 Å². The second-order valence-electron chi connectivity index (χ2n) is 4.38. The first-order valence-electron chi connectivity index (χ1n) is 5.62. The van der Waals surface area contributed by atoms with Crippen LogP contribution >= 0.6 is 0 Å². The number of amides is 1. The number of nitrogens with one attached hydrogen (secondary N) is 1. The Bertz CT molecular complexity index is 575. The summed E-state index contributed by atoms with van der Waals surface area (Å²) >= 11 is 0. The van der Waals surface area contributed by atoms with Crippen LogP contribution < -0.4 is 11.1 Å². The van der Waals surface area contributed by atoms with Crippen molar-refractivity contribution in [3.8, 4) is 5.69 Å². The van der Waals surface area contributed by atoms with Crippen LogP contribution in [0.3, 0.4) is 0 Å². The van der Waals surface area contributed by atoms with E-state index in [1.165, 1.54) is 11.0 Å². The molecular weight excluding hydrogens is 232 g/mol. The number of hydrogen-bond donors (Lipinski definition) is 2. The Balaban J connectivity index is 1.90. The zero-order valence-electron chi connectivity index (χ0n) is 9.58. The third-order valence-corrected chi connectivity index (χ3v) is 2.99. The van der Waals surface area contributed by atoms with E-state index in [2.05, 4.69) is 20.8 Å². The third-order valence-electron chi connectivity index (χ3n) is 2.99.